The zero-order chi connectivity index (χ0) is 20.7. The molecule has 0 radical (unpaired) electrons. The number of rotatable bonds is 4. The highest BCUT2D eigenvalue weighted by atomic mass is 16.5. The SMILES string of the molecule is NCc1c(-c2ccc(Oc3ccccc3)cc2)nn2c1[nH]c(=O)c1ccc(N)cc12. The third-order valence-corrected chi connectivity index (χ3v) is 5.02. The monoisotopic (exact) mass is 397 g/mol. The second-order valence-electron chi connectivity index (χ2n) is 6.96. The van der Waals surface area contributed by atoms with Gasteiger partial charge in [-0.25, -0.2) is 4.52 Å². The first-order valence-electron chi connectivity index (χ1n) is 9.50. The highest BCUT2D eigenvalue weighted by Gasteiger charge is 2.17. The fourth-order valence-electron chi connectivity index (χ4n) is 3.57. The molecule has 0 amide bonds. The van der Waals surface area contributed by atoms with Gasteiger partial charge in [0.05, 0.1) is 16.6 Å². The summed E-state index contributed by atoms with van der Waals surface area (Å²) in [5, 5.41) is 5.26. The molecule has 3 aromatic carbocycles. The molecule has 0 atom stereocenters. The minimum atomic E-state index is -0.203. The first-order chi connectivity index (χ1) is 14.6. The minimum absolute atomic E-state index is 0.203. The molecule has 7 nitrogen and oxygen atoms in total. The number of para-hydroxylation sites is 1. The van der Waals surface area contributed by atoms with Gasteiger partial charge in [0.15, 0.2) is 0 Å². The van der Waals surface area contributed by atoms with Crippen LogP contribution in [0.3, 0.4) is 0 Å². The van der Waals surface area contributed by atoms with Crippen molar-refractivity contribution in [3.8, 4) is 22.8 Å². The standard InChI is InChI=1S/C23H19N5O2/c24-13-19-21(14-6-9-17(10-7-14)30-16-4-2-1-3-5-16)27-28-20-12-15(25)8-11-18(20)23(29)26-22(19)28/h1-12H,13,24-25H2,(H,26,29). The van der Waals surface area contributed by atoms with E-state index < -0.39 is 0 Å². The highest BCUT2D eigenvalue weighted by Crippen LogP contribution is 2.29. The van der Waals surface area contributed by atoms with Gasteiger partial charge in [0, 0.05) is 23.4 Å². The van der Waals surface area contributed by atoms with E-state index in [1.165, 1.54) is 0 Å². The molecular weight excluding hydrogens is 378 g/mol. The van der Waals surface area contributed by atoms with Crippen LogP contribution in [0.2, 0.25) is 0 Å². The second kappa shape index (κ2) is 7.06. The molecule has 0 unspecified atom stereocenters. The maximum absolute atomic E-state index is 12.5. The van der Waals surface area contributed by atoms with Crippen molar-refractivity contribution in [2.45, 2.75) is 6.54 Å². The van der Waals surface area contributed by atoms with Crippen molar-refractivity contribution >= 4 is 22.2 Å². The van der Waals surface area contributed by atoms with E-state index in [-0.39, 0.29) is 12.1 Å². The predicted molar refractivity (Wildman–Crippen MR) is 118 cm³/mol. The molecule has 5 aromatic rings. The normalized spacial score (nSPS) is 11.2. The summed E-state index contributed by atoms with van der Waals surface area (Å²) in [4.78, 5) is 15.4. The number of nitrogens with zero attached hydrogens (tertiary/aromatic N) is 2. The van der Waals surface area contributed by atoms with Gasteiger partial charge in [0.1, 0.15) is 17.1 Å². The number of aromatic nitrogens is 3. The fraction of sp³-hybridized carbons (Fsp3) is 0.0435. The smallest absolute Gasteiger partial charge is 0.259 e. The molecule has 148 valence electrons. The predicted octanol–water partition coefficient (Wildman–Crippen LogP) is 3.68. The molecule has 2 heterocycles. The molecule has 0 aliphatic carbocycles. The van der Waals surface area contributed by atoms with E-state index in [1.54, 1.807) is 22.7 Å². The molecule has 0 fully saturated rings. The molecule has 5 rings (SSSR count). The number of hydrogen-bond donors (Lipinski definition) is 3. The fourth-order valence-corrected chi connectivity index (χ4v) is 3.57. The Hall–Kier alpha value is -4.10. The molecule has 0 bridgehead atoms. The summed E-state index contributed by atoms with van der Waals surface area (Å²) in [6.07, 6.45) is 0. The van der Waals surface area contributed by atoms with Crippen LogP contribution in [0.5, 0.6) is 11.5 Å². The van der Waals surface area contributed by atoms with Crippen molar-refractivity contribution in [3.05, 3.63) is 88.7 Å². The number of benzene rings is 3. The zero-order valence-corrected chi connectivity index (χ0v) is 16.0. The largest absolute Gasteiger partial charge is 0.457 e. The Balaban J connectivity index is 1.62. The first kappa shape index (κ1) is 18.0. The molecule has 0 spiro atoms. The topological polar surface area (TPSA) is 111 Å². The van der Waals surface area contributed by atoms with Gasteiger partial charge in [0.2, 0.25) is 0 Å². The molecule has 2 aromatic heterocycles. The molecule has 0 saturated heterocycles. The van der Waals surface area contributed by atoms with Gasteiger partial charge in [-0.2, -0.15) is 5.10 Å². The maximum Gasteiger partial charge on any atom is 0.259 e. The Bertz CT molecular complexity index is 1420. The van der Waals surface area contributed by atoms with Crippen LogP contribution in [-0.2, 0) is 6.54 Å². The number of nitrogens with two attached hydrogens (primary N) is 2. The van der Waals surface area contributed by atoms with Crippen molar-refractivity contribution in [1.82, 2.24) is 14.6 Å². The third kappa shape index (κ3) is 2.98. The van der Waals surface area contributed by atoms with Crippen LogP contribution < -0.4 is 21.8 Å². The van der Waals surface area contributed by atoms with E-state index >= 15 is 0 Å². The molecule has 0 saturated carbocycles. The van der Waals surface area contributed by atoms with Crippen LogP contribution in [0.25, 0.3) is 27.8 Å². The lowest BCUT2D eigenvalue weighted by Crippen LogP contribution is -2.11. The van der Waals surface area contributed by atoms with Crippen molar-refractivity contribution in [2.75, 3.05) is 5.73 Å². The number of hydrogen-bond acceptors (Lipinski definition) is 5. The quantitative estimate of drug-likeness (QED) is 0.401. The molecule has 0 aliphatic rings. The van der Waals surface area contributed by atoms with Crippen LogP contribution in [0.1, 0.15) is 5.56 Å². The molecule has 0 aliphatic heterocycles. The average Bonchev–Trinajstić information content (AvgIpc) is 3.13. The zero-order valence-electron chi connectivity index (χ0n) is 16.0. The molecular formula is C23H19N5O2. The van der Waals surface area contributed by atoms with Crippen molar-refractivity contribution in [1.29, 1.82) is 0 Å². The lowest BCUT2D eigenvalue weighted by molar-refractivity contribution is 0.483. The summed E-state index contributed by atoms with van der Waals surface area (Å²) in [5.41, 5.74) is 15.9. The van der Waals surface area contributed by atoms with E-state index in [0.29, 0.717) is 27.9 Å². The van der Waals surface area contributed by atoms with Crippen LogP contribution in [-0.4, -0.2) is 14.6 Å². The lowest BCUT2D eigenvalue weighted by Gasteiger charge is -2.06. The Morgan fingerprint density at radius 2 is 1.70 bits per heavy atom. The Morgan fingerprint density at radius 1 is 0.967 bits per heavy atom. The Labute approximate surface area is 171 Å². The number of aromatic amines is 1. The summed E-state index contributed by atoms with van der Waals surface area (Å²) < 4.78 is 7.55. The number of nitrogen functional groups attached to an aromatic ring is 1. The summed E-state index contributed by atoms with van der Waals surface area (Å²) in [6, 6.07) is 22.3. The van der Waals surface area contributed by atoms with Crippen LogP contribution in [0.4, 0.5) is 5.69 Å². The number of nitrogens with one attached hydrogen (secondary N) is 1. The summed E-state index contributed by atoms with van der Waals surface area (Å²) in [5.74, 6) is 1.48. The van der Waals surface area contributed by atoms with Gasteiger partial charge in [0.25, 0.3) is 5.56 Å². The summed E-state index contributed by atoms with van der Waals surface area (Å²) in [7, 11) is 0. The molecule has 30 heavy (non-hydrogen) atoms. The summed E-state index contributed by atoms with van der Waals surface area (Å²) >= 11 is 0. The average molecular weight is 397 g/mol. The second-order valence-corrected chi connectivity index (χ2v) is 6.96. The van der Waals surface area contributed by atoms with Gasteiger partial charge in [-0.1, -0.05) is 18.2 Å². The Kier molecular flexibility index (Phi) is 4.22. The number of ether oxygens (including phenoxy) is 1. The van der Waals surface area contributed by atoms with Gasteiger partial charge >= 0.3 is 0 Å². The van der Waals surface area contributed by atoms with Crippen LogP contribution in [0, 0.1) is 0 Å². The van der Waals surface area contributed by atoms with Gasteiger partial charge in [-0.15, -0.1) is 0 Å². The van der Waals surface area contributed by atoms with E-state index in [4.69, 9.17) is 21.3 Å². The van der Waals surface area contributed by atoms with Crippen molar-refractivity contribution in [2.24, 2.45) is 5.73 Å². The Morgan fingerprint density at radius 3 is 2.43 bits per heavy atom. The van der Waals surface area contributed by atoms with Gasteiger partial charge in [-0.05, 0) is 54.6 Å². The van der Waals surface area contributed by atoms with E-state index in [2.05, 4.69) is 4.98 Å². The van der Waals surface area contributed by atoms with Gasteiger partial charge in [-0.3, -0.25) is 4.79 Å². The van der Waals surface area contributed by atoms with Crippen molar-refractivity contribution < 1.29 is 4.74 Å². The third-order valence-electron chi connectivity index (χ3n) is 5.02. The summed E-state index contributed by atoms with van der Waals surface area (Å²) in [6.45, 7) is 0.227. The number of fused-ring (bicyclic) bond motifs is 3. The van der Waals surface area contributed by atoms with E-state index in [0.717, 1.165) is 22.6 Å². The lowest BCUT2D eigenvalue weighted by atomic mass is 10.1. The van der Waals surface area contributed by atoms with Crippen LogP contribution in [0.15, 0.2) is 77.6 Å². The van der Waals surface area contributed by atoms with Gasteiger partial charge < -0.3 is 21.2 Å². The molecule has 7 heteroatoms. The number of H-pyrrole nitrogens is 1. The van der Waals surface area contributed by atoms with E-state index in [9.17, 15) is 4.79 Å². The first-order valence-corrected chi connectivity index (χ1v) is 9.50. The number of anilines is 1. The minimum Gasteiger partial charge on any atom is -0.457 e. The maximum atomic E-state index is 12.5. The van der Waals surface area contributed by atoms with Crippen LogP contribution >= 0.6 is 0 Å². The van der Waals surface area contributed by atoms with Crippen molar-refractivity contribution in [3.63, 3.8) is 0 Å². The molecule has 5 N–H and O–H groups in total. The highest BCUT2D eigenvalue weighted by molar-refractivity contribution is 5.85. The van der Waals surface area contributed by atoms with E-state index in [1.807, 2.05) is 54.6 Å².